The van der Waals surface area contributed by atoms with Gasteiger partial charge in [-0.3, -0.25) is 0 Å². The SMILES string of the molecule is CCOC(C)OC1C(=O)OC2C3OC4(OC3OC12)C1CC2CC4CC(OC(=O)C(F)(F)S(=O)(=O)[O-])(C2)C1. The summed E-state index contributed by atoms with van der Waals surface area (Å²) in [6, 6.07) is 0. The van der Waals surface area contributed by atoms with Gasteiger partial charge in [-0.2, -0.15) is 8.78 Å². The Balaban J connectivity index is 1.18. The molecule has 4 aliphatic carbocycles. The lowest BCUT2D eigenvalue weighted by atomic mass is 9.51. The summed E-state index contributed by atoms with van der Waals surface area (Å²) in [7, 11) is -6.23. The van der Waals surface area contributed by atoms with Gasteiger partial charge in [0.1, 0.15) is 11.7 Å². The number of fused-ring (bicyclic) bond motifs is 3. The van der Waals surface area contributed by atoms with Crippen LogP contribution in [0.15, 0.2) is 0 Å². The van der Waals surface area contributed by atoms with E-state index in [2.05, 4.69) is 0 Å². The van der Waals surface area contributed by atoms with Gasteiger partial charge in [0.25, 0.3) is 0 Å². The molecule has 4 saturated carbocycles. The first kappa shape index (κ1) is 25.8. The van der Waals surface area contributed by atoms with Crippen molar-refractivity contribution in [3.8, 4) is 0 Å². The minimum atomic E-state index is -6.23. The first-order valence-electron chi connectivity index (χ1n) is 12.3. The highest BCUT2D eigenvalue weighted by Gasteiger charge is 2.73. The van der Waals surface area contributed by atoms with Crippen LogP contribution in [0, 0.1) is 17.8 Å². The lowest BCUT2D eigenvalue weighted by Crippen LogP contribution is -2.66. The van der Waals surface area contributed by atoms with Crippen LogP contribution in [-0.4, -0.2) is 85.2 Å². The van der Waals surface area contributed by atoms with E-state index in [1.807, 2.05) is 0 Å². The molecule has 3 aliphatic heterocycles. The summed E-state index contributed by atoms with van der Waals surface area (Å²) in [5.41, 5.74) is -1.35. The number of alkyl halides is 2. The van der Waals surface area contributed by atoms with Crippen LogP contribution < -0.4 is 0 Å². The molecular formula is C22H27F2O12S-. The number of hydrogen-bond donors (Lipinski definition) is 0. The average molecular weight is 554 g/mol. The largest absolute Gasteiger partial charge is 0.743 e. The van der Waals surface area contributed by atoms with Gasteiger partial charge >= 0.3 is 17.2 Å². The van der Waals surface area contributed by atoms with E-state index in [-0.39, 0.29) is 37.0 Å². The molecule has 7 aliphatic rings. The predicted octanol–water partition coefficient (Wildman–Crippen LogP) is 0.776. The molecule has 3 saturated heterocycles. The molecule has 8 atom stereocenters. The lowest BCUT2D eigenvalue weighted by molar-refractivity contribution is -0.344. The number of esters is 2. The summed E-state index contributed by atoms with van der Waals surface area (Å²) in [4.78, 5) is 24.5. The third-order valence-electron chi connectivity index (χ3n) is 8.48. The van der Waals surface area contributed by atoms with Crippen molar-refractivity contribution < 1.29 is 64.5 Å². The van der Waals surface area contributed by atoms with E-state index in [9.17, 15) is 31.3 Å². The van der Waals surface area contributed by atoms with Crippen molar-refractivity contribution in [2.75, 3.05) is 6.61 Å². The number of carbonyl (C=O) groups excluding carboxylic acids is 2. The number of ether oxygens (including phenoxy) is 7. The molecule has 0 aromatic rings. The summed E-state index contributed by atoms with van der Waals surface area (Å²) >= 11 is 0. The van der Waals surface area contributed by atoms with Crippen LogP contribution in [0.25, 0.3) is 0 Å². The molecule has 0 N–H and O–H groups in total. The summed E-state index contributed by atoms with van der Waals surface area (Å²) < 4.78 is 101. The zero-order valence-electron chi connectivity index (χ0n) is 20.0. The van der Waals surface area contributed by atoms with Crippen molar-refractivity contribution in [1.82, 2.24) is 0 Å². The Hall–Kier alpha value is -1.49. The zero-order chi connectivity index (χ0) is 26.5. The van der Waals surface area contributed by atoms with E-state index in [0.717, 1.165) is 0 Å². The van der Waals surface area contributed by atoms with Gasteiger partial charge in [0.15, 0.2) is 46.8 Å². The van der Waals surface area contributed by atoms with E-state index < -0.39 is 75.7 Å². The highest BCUT2D eigenvalue weighted by atomic mass is 32.2. The van der Waals surface area contributed by atoms with Crippen LogP contribution in [0.5, 0.6) is 0 Å². The smallest absolute Gasteiger partial charge is 0.428 e. The number of hydrogen-bond acceptors (Lipinski definition) is 12. The van der Waals surface area contributed by atoms with Crippen molar-refractivity contribution in [3.05, 3.63) is 0 Å². The summed E-state index contributed by atoms with van der Waals surface area (Å²) in [6.07, 6.45) is -3.14. The molecule has 3 heterocycles. The Morgan fingerprint density at radius 3 is 2.46 bits per heavy atom. The zero-order valence-corrected chi connectivity index (χ0v) is 20.8. The molecule has 208 valence electrons. The molecule has 7 rings (SSSR count). The van der Waals surface area contributed by atoms with Gasteiger partial charge in [-0.1, -0.05) is 0 Å². The molecule has 1 spiro atoms. The lowest BCUT2D eigenvalue weighted by Gasteiger charge is -2.62. The Morgan fingerprint density at radius 1 is 1.16 bits per heavy atom. The third kappa shape index (κ3) is 3.76. The van der Waals surface area contributed by atoms with Crippen LogP contribution in [-0.2, 0) is 52.9 Å². The molecule has 7 fully saturated rings. The monoisotopic (exact) mass is 553 g/mol. The van der Waals surface area contributed by atoms with Crippen molar-refractivity contribution in [2.24, 2.45) is 17.8 Å². The molecule has 0 aromatic carbocycles. The fourth-order valence-corrected chi connectivity index (χ4v) is 7.59. The number of carbonyl (C=O) groups is 2. The molecule has 0 amide bonds. The minimum absolute atomic E-state index is 0.0110. The fraction of sp³-hybridized carbons (Fsp3) is 0.909. The van der Waals surface area contributed by atoms with Gasteiger partial charge in [-0.15, -0.1) is 0 Å². The molecular weight excluding hydrogens is 526 g/mol. The van der Waals surface area contributed by atoms with E-state index in [1.54, 1.807) is 13.8 Å². The van der Waals surface area contributed by atoms with E-state index in [4.69, 9.17) is 33.2 Å². The van der Waals surface area contributed by atoms with E-state index in [0.29, 0.717) is 19.4 Å². The van der Waals surface area contributed by atoms with Gasteiger partial charge < -0.3 is 37.7 Å². The molecule has 0 aromatic heterocycles. The van der Waals surface area contributed by atoms with Crippen LogP contribution in [0.1, 0.15) is 46.0 Å². The predicted molar refractivity (Wildman–Crippen MR) is 110 cm³/mol. The summed E-state index contributed by atoms with van der Waals surface area (Å²) in [6.45, 7) is 3.84. The van der Waals surface area contributed by atoms with Gasteiger partial charge in [-0.25, -0.2) is 18.0 Å². The van der Waals surface area contributed by atoms with Crippen molar-refractivity contribution in [3.63, 3.8) is 0 Å². The Labute approximate surface area is 210 Å². The van der Waals surface area contributed by atoms with Crippen LogP contribution in [0.2, 0.25) is 0 Å². The Bertz CT molecular complexity index is 1080. The van der Waals surface area contributed by atoms with Crippen molar-refractivity contribution >= 4 is 22.1 Å². The first-order valence-corrected chi connectivity index (χ1v) is 13.7. The maximum atomic E-state index is 13.9. The van der Waals surface area contributed by atoms with Gasteiger partial charge in [0.05, 0.1) is 0 Å². The van der Waals surface area contributed by atoms with Gasteiger partial charge in [0, 0.05) is 18.4 Å². The second-order valence-corrected chi connectivity index (χ2v) is 12.2. The molecule has 15 heteroatoms. The molecule has 12 nitrogen and oxygen atoms in total. The second-order valence-electron chi connectivity index (χ2n) is 10.8. The quantitative estimate of drug-likeness (QED) is 0.248. The van der Waals surface area contributed by atoms with Crippen molar-refractivity contribution in [2.45, 2.75) is 99.6 Å². The standard InChI is InChI=1S/C22H28F2O12S/c1-3-30-9(2)31-15-13-14(32-17(15)25)16-18(33-13)35-21(34-16)11-4-10-5-12(21)8-20(6-10,7-11)36-19(26)22(23,24)37(27,28)29/h9-16,18H,3-8H2,1-2H3,(H,27,28,29)/p-1. The van der Waals surface area contributed by atoms with Gasteiger partial charge in [0.2, 0.25) is 0 Å². The maximum absolute atomic E-state index is 13.9. The maximum Gasteiger partial charge on any atom is 0.428 e. The summed E-state index contributed by atoms with van der Waals surface area (Å²) in [5, 5.41) is -5.18. The van der Waals surface area contributed by atoms with Crippen molar-refractivity contribution in [1.29, 1.82) is 0 Å². The second kappa shape index (κ2) is 8.26. The minimum Gasteiger partial charge on any atom is -0.743 e. The van der Waals surface area contributed by atoms with Crippen LogP contribution in [0.4, 0.5) is 8.78 Å². The van der Waals surface area contributed by atoms with Crippen LogP contribution >= 0.6 is 0 Å². The first-order chi connectivity index (χ1) is 17.3. The summed E-state index contributed by atoms with van der Waals surface area (Å²) in [5.74, 6) is -4.87. The third-order valence-corrected chi connectivity index (χ3v) is 9.28. The normalized spacial score (nSPS) is 46.7. The fourth-order valence-electron chi connectivity index (χ4n) is 7.34. The highest BCUT2D eigenvalue weighted by molar-refractivity contribution is 7.87. The topological polar surface area (TPSA) is 156 Å². The van der Waals surface area contributed by atoms with Crippen LogP contribution in [0.3, 0.4) is 0 Å². The Morgan fingerprint density at radius 2 is 1.84 bits per heavy atom. The molecule has 4 bridgehead atoms. The molecule has 0 radical (unpaired) electrons. The number of rotatable bonds is 7. The van der Waals surface area contributed by atoms with E-state index >= 15 is 0 Å². The highest BCUT2D eigenvalue weighted by Crippen LogP contribution is 2.65. The Kier molecular flexibility index (Phi) is 5.75. The molecule has 8 unspecified atom stereocenters. The van der Waals surface area contributed by atoms with Gasteiger partial charge in [-0.05, 0) is 51.9 Å². The average Bonchev–Trinajstić information content (AvgIpc) is 3.40. The van der Waals surface area contributed by atoms with E-state index in [1.165, 1.54) is 0 Å². The number of halogens is 2. The molecule has 37 heavy (non-hydrogen) atoms.